The molecule has 1 amide bonds. The molecule has 0 radical (unpaired) electrons. The van der Waals surface area contributed by atoms with Gasteiger partial charge in [0.15, 0.2) is 6.61 Å². The highest BCUT2D eigenvalue weighted by atomic mass is 16.5. The fraction of sp³-hybridized carbons (Fsp3) is 0.556. The van der Waals surface area contributed by atoms with Crippen LogP contribution in [0.3, 0.4) is 0 Å². The third-order valence-electron chi connectivity index (χ3n) is 3.79. The molecule has 1 aromatic carbocycles. The number of nitrogens with zero attached hydrogens (tertiary/aromatic N) is 1. The molecule has 0 bridgehead atoms. The molecule has 1 N–H and O–H groups in total. The molecule has 0 aliphatic rings. The second kappa shape index (κ2) is 9.93. The first-order valence-corrected chi connectivity index (χ1v) is 8.06. The summed E-state index contributed by atoms with van der Waals surface area (Å²) >= 11 is 0. The van der Waals surface area contributed by atoms with Crippen molar-refractivity contribution in [1.82, 2.24) is 4.90 Å². The van der Waals surface area contributed by atoms with Gasteiger partial charge in [0.05, 0.1) is 13.0 Å². The summed E-state index contributed by atoms with van der Waals surface area (Å²) in [6.07, 6.45) is 0.447. The molecule has 0 heterocycles. The first-order chi connectivity index (χ1) is 11.4. The first kappa shape index (κ1) is 20.0. The van der Waals surface area contributed by atoms with Gasteiger partial charge in [0.1, 0.15) is 5.75 Å². The molecule has 1 rings (SSSR count). The van der Waals surface area contributed by atoms with E-state index in [-0.39, 0.29) is 31.6 Å². The maximum atomic E-state index is 12.5. The summed E-state index contributed by atoms with van der Waals surface area (Å²) in [5.41, 5.74) is 1.93. The Morgan fingerprint density at radius 3 is 2.42 bits per heavy atom. The lowest BCUT2D eigenvalue weighted by atomic mass is 10.1. The molecule has 0 saturated heterocycles. The second-order valence-corrected chi connectivity index (χ2v) is 5.85. The van der Waals surface area contributed by atoms with Crippen LogP contribution in [-0.4, -0.2) is 55.3 Å². The van der Waals surface area contributed by atoms with Gasteiger partial charge < -0.3 is 19.5 Å². The lowest BCUT2D eigenvalue weighted by molar-refractivity contribution is -0.146. The topological polar surface area (TPSA) is 76.1 Å². The molecular formula is C18H27NO5. The van der Waals surface area contributed by atoms with Gasteiger partial charge in [0.25, 0.3) is 5.91 Å². The number of aliphatic hydroxyl groups is 1. The molecule has 6 nitrogen and oxygen atoms in total. The number of para-hydroxylation sites is 1. The first-order valence-electron chi connectivity index (χ1n) is 8.06. The molecule has 0 spiro atoms. The number of hydrogen-bond donors (Lipinski definition) is 1. The van der Waals surface area contributed by atoms with Crippen molar-refractivity contribution < 1.29 is 24.2 Å². The predicted octanol–water partition coefficient (Wildman–Crippen LogP) is 1.70. The number of rotatable bonds is 9. The Balaban J connectivity index is 2.71. The number of ether oxygens (including phenoxy) is 2. The van der Waals surface area contributed by atoms with E-state index in [4.69, 9.17) is 14.6 Å². The Kier molecular flexibility index (Phi) is 8.26. The normalized spacial score (nSPS) is 11.7. The van der Waals surface area contributed by atoms with Crippen LogP contribution in [0, 0.1) is 19.8 Å². The van der Waals surface area contributed by atoms with E-state index in [1.165, 1.54) is 12.0 Å². The third kappa shape index (κ3) is 5.85. The second-order valence-electron chi connectivity index (χ2n) is 5.85. The van der Waals surface area contributed by atoms with Gasteiger partial charge in [-0.05, 0) is 31.4 Å². The van der Waals surface area contributed by atoms with Crippen molar-refractivity contribution >= 4 is 11.9 Å². The number of esters is 1. The largest absolute Gasteiger partial charge is 0.483 e. The van der Waals surface area contributed by atoms with Crippen molar-refractivity contribution in [2.75, 3.05) is 33.4 Å². The summed E-state index contributed by atoms with van der Waals surface area (Å²) in [6, 6.07) is 5.79. The van der Waals surface area contributed by atoms with Crippen LogP contribution < -0.4 is 4.74 Å². The average molecular weight is 337 g/mol. The van der Waals surface area contributed by atoms with Crippen LogP contribution in [0.25, 0.3) is 0 Å². The summed E-state index contributed by atoms with van der Waals surface area (Å²) < 4.78 is 10.4. The van der Waals surface area contributed by atoms with Crippen molar-refractivity contribution in [1.29, 1.82) is 0 Å². The summed E-state index contributed by atoms with van der Waals surface area (Å²) in [5.74, 6) is -0.318. The van der Waals surface area contributed by atoms with Crippen molar-refractivity contribution in [3.05, 3.63) is 29.3 Å². The zero-order chi connectivity index (χ0) is 18.1. The predicted molar refractivity (Wildman–Crippen MR) is 90.9 cm³/mol. The van der Waals surface area contributed by atoms with E-state index in [9.17, 15) is 9.59 Å². The number of carbonyl (C=O) groups excluding carboxylic acids is 2. The Bertz CT molecular complexity index is 538. The van der Waals surface area contributed by atoms with Crippen LogP contribution >= 0.6 is 0 Å². The highest BCUT2D eigenvalue weighted by Gasteiger charge is 2.22. The summed E-state index contributed by atoms with van der Waals surface area (Å²) in [7, 11) is 1.32. The van der Waals surface area contributed by atoms with Crippen LogP contribution in [0.1, 0.15) is 24.5 Å². The highest BCUT2D eigenvalue weighted by Crippen LogP contribution is 2.22. The molecule has 0 aliphatic carbocycles. The zero-order valence-corrected chi connectivity index (χ0v) is 14.9. The zero-order valence-electron chi connectivity index (χ0n) is 14.9. The van der Waals surface area contributed by atoms with E-state index in [0.717, 1.165) is 11.1 Å². The third-order valence-corrected chi connectivity index (χ3v) is 3.79. The Morgan fingerprint density at radius 1 is 1.25 bits per heavy atom. The van der Waals surface area contributed by atoms with Crippen LogP contribution in [0.4, 0.5) is 0 Å². The molecule has 6 heteroatoms. The SMILES string of the molecule is COC(=O)C(C)CN(CCCO)C(=O)COc1c(C)cccc1C. The van der Waals surface area contributed by atoms with Gasteiger partial charge in [0, 0.05) is 19.7 Å². The van der Waals surface area contributed by atoms with Gasteiger partial charge >= 0.3 is 5.97 Å². The quantitative estimate of drug-likeness (QED) is 0.694. The minimum atomic E-state index is -0.433. The fourth-order valence-corrected chi connectivity index (χ4v) is 2.44. The van der Waals surface area contributed by atoms with Gasteiger partial charge in [-0.1, -0.05) is 25.1 Å². The van der Waals surface area contributed by atoms with E-state index in [1.807, 2.05) is 32.0 Å². The van der Waals surface area contributed by atoms with E-state index < -0.39 is 5.92 Å². The van der Waals surface area contributed by atoms with Crippen molar-refractivity contribution in [3.8, 4) is 5.75 Å². The molecule has 134 valence electrons. The van der Waals surface area contributed by atoms with Gasteiger partial charge in [-0.3, -0.25) is 9.59 Å². The number of aryl methyl sites for hydroxylation is 2. The molecule has 1 atom stereocenters. The molecule has 1 unspecified atom stereocenters. The van der Waals surface area contributed by atoms with Crippen LogP contribution in [0.2, 0.25) is 0 Å². The summed E-state index contributed by atoms with van der Waals surface area (Å²) in [5, 5.41) is 9.01. The minimum absolute atomic E-state index is 0.0197. The molecule has 0 fully saturated rings. The van der Waals surface area contributed by atoms with Crippen LogP contribution in [0.5, 0.6) is 5.75 Å². The summed E-state index contributed by atoms with van der Waals surface area (Å²) in [4.78, 5) is 25.6. The smallest absolute Gasteiger partial charge is 0.310 e. The lowest BCUT2D eigenvalue weighted by Gasteiger charge is -2.25. The average Bonchev–Trinajstić information content (AvgIpc) is 2.56. The minimum Gasteiger partial charge on any atom is -0.483 e. The number of benzene rings is 1. The molecular weight excluding hydrogens is 310 g/mol. The number of aliphatic hydroxyl groups excluding tert-OH is 1. The number of hydrogen-bond acceptors (Lipinski definition) is 5. The Labute approximate surface area is 143 Å². The molecule has 0 aliphatic heterocycles. The van der Waals surface area contributed by atoms with E-state index in [1.54, 1.807) is 6.92 Å². The van der Waals surface area contributed by atoms with E-state index in [2.05, 4.69) is 0 Å². The Morgan fingerprint density at radius 2 is 1.88 bits per heavy atom. The van der Waals surface area contributed by atoms with Crippen molar-refractivity contribution in [3.63, 3.8) is 0 Å². The van der Waals surface area contributed by atoms with Crippen molar-refractivity contribution in [2.24, 2.45) is 5.92 Å². The highest BCUT2D eigenvalue weighted by molar-refractivity contribution is 5.79. The van der Waals surface area contributed by atoms with E-state index >= 15 is 0 Å². The molecule has 24 heavy (non-hydrogen) atoms. The van der Waals surface area contributed by atoms with Crippen molar-refractivity contribution in [2.45, 2.75) is 27.2 Å². The fourth-order valence-electron chi connectivity index (χ4n) is 2.44. The molecule has 1 aromatic rings. The lowest BCUT2D eigenvalue weighted by Crippen LogP contribution is -2.40. The molecule has 0 saturated carbocycles. The van der Waals surface area contributed by atoms with Crippen LogP contribution in [-0.2, 0) is 14.3 Å². The maximum absolute atomic E-state index is 12.5. The maximum Gasteiger partial charge on any atom is 0.310 e. The molecule has 0 aromatic heterocycles. The van der Waals surface area contributed by atoms with E-state index in [0.29, 0.717) is 18.7 Å². The van der Waals surface area contributed by atoms with Gasteiger partial charge in [-0.25, -0.2) is 0 Å². The number of amides is 1. The standard InChI is InChI=1S/C18H27NO5/c1-13-7-5-8-14(2)17(13)24-12-16(21)19(9-6-10-20)11-15(3)18(22)23-4/h5,7-8,15,20H,6,9-12H2,1-4H3. The summed E-state index contributed by atoms with van der Waals surface area (Å²) in [6.45, 7) is 6.04. The van der Waals surface area contributed by atoms with Gasteiger partial charge in [-0.15, -0.1) is 0 Å². The Hall–Kier alpha value is -2.08. The van der Waals surface area contributed by atoms with Crippen LogP contribution in [0.15, 0.2) is 18.2 Å². The van der Waals surface area contributed by atoms with Gasteiger partial charge in [0.2, 0.25) is 0 Å². The van der Waals surface area contributed by atoms with Gasteiger partial charge in [-0.2, -0.15) is 0 Å². The number of methoxy groups -OCH3 is 1. The number of carbonyl (C=O) groups is 2. The monoisotopic (exact) mass is 337 g/mol.